The normalized spacial score (nSPS) is 15.6. The minimum Gasteiger partial charge on any atom is -0.454 e. The second-order valence-electron chi connectivity index (χ2n) is 8.19. The molecule has 3 aromatic rings. The largest absolute Gasteiger partial charge is 0.454 e. The summed E-state index contributed by atoms with van der Waals surface area (Å²) in [7, 11) is 0. The van der Waals surface area contributed by atoms with Crippen molar-refractivity contribution in [2.75, 3.05) is 38.7 Å². The van der Waals surface area contributed by atoms with Gasteiger partial charge in [-0.15, -0.1) is 10.2 Å². The van der Waals surface area contributed by atoms with Gasteiger partial charge in [0.2, 0.25) is 12.7 Å². The highest BCUT2D eigenvalue weighted by Gasteiger charge is 2.23. The van der Waals surface area contributed by atoms with Crippen molar-refractivity contribution >= 4 is 29.3 Å². The third-order valence-corrected chi connectivity index (χ3v) is 7.23. The summed E-state index contributed by atoms with van der Waals surface area (Å²) in [4.78, 5) is 17.2. The molecule has 10 heteroatoms. The molecule has 1 saturated heterocycles. The van der Waals surface area contributed by atoms with Gasteiger partial charge >= 0.3 is 0 Å². The maximum atomic E-state index is 12.9. The molecule has 2 aliphatic heterocycles. The van der Waals surface area contributed by atoms with Gasteiger partial charge in [-0.3, -0.25) is 9.69 Å². The van der Waals surface area contributed by atoms with Crippen molar-refractivity contribution in [3.05, 3.63) is 53.1 Å². The minimum absolute atomic E-state index is 0.131. The second-order valence-corrected chi connectivity index (χ2v) is 9.57. The van der Waals surface area contributed by atoms with Crippen molar-refractivity contribution in [1.29, 1.82) is 0 Å². The van der Waals surface area contributed by atoms with Gasteiger partial charge in [-0.1, -0.05) is 29.4 Å². The quantitative estimate of drug-likeness (QED) is 0.458. The molecule has 1 fully saturated rings. The standard InChI is InChI=1S/C24H26ClN5O3S/c1-2-30-23(18-4-6-19(25)7-5-18)26-27-24(30)34-15-22(31)29-11-9-28(10-12-29)14-17-3-8-20-21(13-17)33-16-32-20/h3-8,13H,2,9-12,14-16H2,1H3. The molecular weight excluding hydrogens is 474 g/mol. The van der Waals surface area contributed by atoms with Crippen LogP contribution in [0, 0.1) is 0 Å². The van der Waals surface area contributed by atoms with Crippen LogP contribution in [0.2, 0.25) is 5.02 Å². The number of thioether (sulfide) groups is 1. The van der Waals surface area contributed by atoms with Crippen LogP contribution in [-0.2, 0) is 17.9 Å². The Morgan fingerprint density at radius 3 is 2.56 bits per heavy atom. The van der Waals surface area contributed by atoms with E-state index >= 15 is 0 Å². The van der Waals surface area contributed by atoms with Crippen LogP contribution >= 0.6 is 23.4 Å². The second kappa shape index (κ2) is 10.2. The van der Waals surface area contributed by atoms with E-state index in [4.69, 9.17) is 21.1 Å². The summed E-state index contributed by atoms with van der Waals surface area (Å²) in [5, 5.41) is 10.1. The maximum absolute atomic E-state index is 12.9. The van der Waals surface area contributed by atoms with Gasteiger partial charge in [0.1, 0.15) is 0 Å². The lowest BCUT2D eigenvalue weighted by Crippen LogP contribution is -2.48. The topological polar surface area (TPSA) is 72.7 Å². The predicted octanol–water partition coefficient (Wildman–Crippen LogP) is 3.78. The molecule has 178 valence electrons. The summed E-state index contributed by atoms with van der Waals surface area (Å²) in [5.74, 6) is 2.87. The molecular formula is C24H26ClN5O3S. The zero-order valence-electron chi connectivity index (χ0n) is 18.9. The molecule has 0 unspecified atom stereocenters. The number of ether oxygens (including phenoxy) is 2. The number of amides is 1. The van der Waals surface area contributed by atoms with Crippen LogP contribution < -0.4 is 9.47 Å². The fourth-order valence-electron chi connectivity index (χ4n) is 4.16. The van der Waals surface area contributed by atoms with E-state index in [-0.39, 0.29) is 12.7 Å². The van der Waals surface area contributed by atoms with Crippen LogP contribution in [0.3, 0.4) is 0 Å². The molecule has 0 spiro atoms. The van der Waals surface area contributed by atoms with Crippen LogP contribution in [0.5, 0.6) is 11.5 Å². The Labute approximate surface area is 207 Å². The first-order valence-corrected chi connectivity index (χ1v) is 12.7. The Hall–Kier alpha value is -2.75. The van der Waals surface area contributed by atoms with E-state index in [0.29, 0.717) is 10.8 Å². The molecule has 2 aromatic carbocycles. The molecule has 8 nitrogen and oxygen atoms in total. The molecule has 5 rings (SSSR count). The lowest BCUT2D eigenvalue weighted by molar-refractivity contribution is -0.130. The first-order chi connectivity index (χ1) is 16.6. The van der Waals surface area contributed by atoms with Crippen molar-refractivity contribution in [2.45, 2.75) is 25.2 Å². The number of fused-ring (bicyclic) bond motifs is 1. The molecule has 1 aromatic heterocycles. The Bertz CT molecular complexity index is 1160. The van der Waals surface area contributed by atoms with Crippen molar-refractivity contribution in [1.82, 2.24) is 24.6 Å². The van der Waals surface area contributed by atoms with Gasteiger partial charge in [-0.2, -0.15) is 0 Å². The number of aromatic nitrogens is 3. The first-order valence-electron chi connectivity index (χ1n) is 11.3. The average Bonchev–Trinajstić information content (AvgIpc) is 3.50. The van der Waals surface area contributed by atoms with E-state index in [1.807, 2.05) is 52.8 Å². The van der Waals surface area contributed by atoms with E-state index in [9.17, 15) is 4.79 Å². The van der Waals surface area contributed by atoms with Crippen molar-refractivity contribution in [2.24, 2.45) is 0 Å². The average molecular weight is 500 g/mol. The third kappa shape index (κ3) is 5.01. The predicted molar refractivity (Wildman–Crippen MR) is 131 cm³/mol. The highest BCUT2D eigenvalue weighted by atomic mass is 35.5. The molecule has 3 heterocycles. The fraction of sp³-hybridized carbons (Fsp3) is 0.375. The van der Waals surface area contributed by atoms with Gasteiger partial charge in [0.05, 0.1) is 5.75 Å². The van der Waals surface area contributed by atoms with Gasteiger partial charge < -0.3 is 18.9 Å². The number of piperazine rings is 1. The molecule has 0 aliphatic carbocycles. The third-order valence-electron chi connectivity index (χ3n) is 6.03. The van der Waals surface area contributed by atoms with E-state index in [1.165, 1.54) is 17.3 Å². The summed E-state index contributed by atoms with van der Waals surface area (Å²) < 4.78 is 12.9. The molecule has 0 saturated carbocycles. The van der Waals surface area contributed by atoms with E-state index < -0.39 is 0 Å². The van der Waals surface area contributed by atoms with Crippen molar-refractivity contribution in [3.8, 4) is 22.9 Å². The number of hydrogen-bond acceptors (Lipinski definition) is 7. The Morgan fingerprint density at radius 1 is 1.03 bits per heavy atom. The molecule has 0 bridgehead atoms. The SMILES string of the molecule is CCn1c(SCC(=O)N2CCN(Cc3ccc4c(c3)OCO4)CC2)nnc1-c1ccc(Cl)cc1. The van der Waals surface area contributed by atoms with Crippen molar-refractivity contribution < 1.29 is 14.3 Å². The molecule has 34 heavy (non-hydrogen) atoms. The zero-order chi connectivity index (χ0) is 23.5. The summed E-state index contributed by atoms with van der Waals surface area (Å²) in [6, 6.07) is 13.6. The lowest BCUT2D eigenvalue weighted by atomic mass is 10.1. The first kappa shape index (κ1) is 23.0. The summed E-state index contributed by atoms with van der Waals surface area (Å²) in [5.41, 5.74) is 2.14. The van der Waals surface area contributed by atoms with Gasteiger partial charge in [0.25, 0.3) is 0 Å². The monoisotopic (exact) mass is 499 g/mol. The zero-order valence-corrected chi connectivity index (χ0v) is 20.5. The van der Waals surface area contributed by atoms with Crippen LogP contribution in [-0.4, -0.2) is 69.2 Å². The molecule has 2 aliphatic rings. The van der Waals surface area contributed by atoms with E-state index in [1.54, 1.807) is 0 Å². The van der Waals surface area contributed by atoms with Crippen LogP contribution in [0.4, 0.5) is 0 Å². The van der Waals surface area contributed by atoms with Crippen LogP contribution in [0.25, 0.3) is 11.4 Å². The molecule has 0 radical (unpaired) electrons. The van der Waals surface area contributed by atoms with Gasteiger partial charge in [-0.25, -0.2) is 0 Å². The van der Waals surface area contributed by atoms with E-state index in [0.717, 1.165) is 67.3 Å². The minimum atomic E-state index is 0.131. The Kier molecular flexibility index (Phi) is 6.94. The maximum Gasteiger partial charge on any atom is 0.233 e. The Balaban J connectivity index is 1.13. The van der Waals surface area contributed by atoms with Crippen molar-refractivity contribution in [3.63, 3.8) is 0 Å². The number of carbonyl (C=O) groups is 1. The smallest absolute Gasteiger partial charge is 0.233 e. The Morgan fingerprint density at radius 2 is 1.79 bits per heavy atom. The number of hydrogen-bond donors (Lipinski definition) is 0. The number of rotatable bonds is 7. The van der Waals surface area contributed by atoms with Crippen LogP contribution in [0.15, 0.2) is 47.6 Å². The highest BCUT2D eigenvalue weighted by molar-refractivity contribution is 7.99. The highest BCUT2D eigenvalue weighted by Crippen LogP contribution is 2.33. The number of benzene rings is 2. The summed E-state index contributed by atoms with van der Waals surface area (Å²) >= 11 is 7.44. The molecule has 0 atom stereocenters. The summed E-state index contributed by atoms with van der Waals surface area (Å²) in [6.45, 7) is 7.03. The van der Waals surface area contributed by atoms with Crippen LogP contribution in [0.1, 0.15) is 12.5 Å². The van der Waals surface area contributed by atoms with Gasteiger partial charge in [0.15, 0.2) is 22.5 Å². The number of nitrogens with zero attached hydrogens (tertiary/aromatic N) is 5. The number of halogens is 1. The fourth-order valence-corrected chi connectivity index (χ4v) is 5.19. The van der Waals surface area contributed by atoms with E-state index in [2.05, 4.69) is 21.2 Å². The molecule has 1 amide bonds. The lowest BCUT2D eigenvalue weighted by Gasteiger charge is -2.34. The molecule has 0 N–H and O–H groups in total. The number of carbonyl (C=O) groups excluding carboxylic acids is 1. The van der Waals surface area contributed by atoms with Gasteiger partial charge in [-0.05, 0) is 48.9 Å². The van der Waals surface area contributed by atoms with Gasteiger partial charge in [0, 0.05) is 49.9 Å². The summed E-state index contributed by atoms with van der Waals surface area (Å²) in [6.07, 6.45) is 0.